The first kappa shape index (κ1) is 16.4. The Labute approximate surface area is 144 Å². The lowest BCUT2D eigenvalue weighted by atomic mass is 10.1. The standard InChI is InChI=1S/C15H21N7OS/c1-24-12-5-3-2-4-11(12)18-15(23)22-8-6-10(7-9-22)17-14-19-13(16)20-21-14/h2-5,10H,6-9H2,1H3,(H,18,23)(H4,16,17,19,20,21). The predicted octanol–water partition coefficient (Wildman–Crippen LogP) is 2.22. The highest BCUT2D eigenvalue weighted by atomic mass is 32.2. The van der Waals surface area contributed by atoms with E-state index in [9.17, 15) is 4.79 Å². The van der Waals surface area contributed by atoms with Gasteiger partial charge < -0.3 is 21.3 Å². The van der Waals surface area contributed by atoms with Gasteiger partial charge in [-0.15, -0.1) is 16.9 Å². The lowest BCUT2D eigenvalue weighted by molar-refractivity contribution is 0.197. The molecule has 0 spiro atoms. The number of nitrogens with one attached hydrogen (secondary N) is 3. The minimum absolute atomic E-state index is 0.0583. The van der Waals surface area contributed by atoms with Gasteiger partial charge in [0.15, 0.2) is 0 Å². The fourth-order valence-corrected chi connectivity index (χ4v) is 3.24. The Morgan fingerprint density at radius 3 is 2.79 bits per heavy atom. The number of benzene rings is 1. The quantitative estimate of drug-likeness (QED) is 0.631. The average molecular weight is 347 g/mol. The average Bonchev–Trinajstić information content (AvgIpc) is 3.01. The van der Waals surface area contributed by atoms with Gasteiger partial charge in [-0.05, 0) is 31.2 Å². The third kappa shape index (κ3) is 3.91. The van der Waals surface area contributed by atoms with Gasteiger partial charge in [-0.25, -0.2) is 9.89 Å². The number of anilines is 3. The molecule has 1 aliphatic heterocycles. The maximum Gasteiger partial charge on any atom is 0.321 e. The van der Waals surface area contributed by atoms with Crippen LogP contribution in [0.25, 0.3) is 0 Å². The van der Waals surface area contributed by atoms with Crippen molar-refractivity contribution in [2.45, 2.75) is 23.8 Å². The fourth-order valence-electron chi connectivity index (χ4n) is 2.69. The molecular weight excluding hydrogens is 326 g/mol. The number of rotatable bonds is 4. The molecule has 128 valence electrons. The second kappa shape index (κ2) is 7.43. The molecule has 24 heavy (non-hydrogen) atoms. The summed E-state index contributed by atoms with van der Waals surface area (Å²) in [5.74, 6) is 0.797. The van der Waals surface area contributed by atoms with E-state index in [1.54, 1.807) is 11.8 Å². The minimum Gasteiger partial charge on any atom is -0.368 e. The Hall–Kier alpha value is -2.42. The summed E-state index contributed by atoms with van der Waals surface area (Å²) >= 11 is 1.62. The first-order valence-corrected chi connectivity index (χ1v) is 9.01. The summed E-state index contributed by atoms with van der Waals surface area (Å²) in [7, 11) is 0. The Balaban J connectivity index is 1.51. The molecule has 2 amide bonds. The normalized spacial score (nSPS) is 15.3. The minimum atomic E-state index is -0.0583. The Kier molecular flexibility index (Phi) is 5.09. The molecule has 1 aliphatic rings. The largest absolute Gasteiger partial charge is 0.368 e. The van der Waals surface area contributed by atoms with Crippen LogP contribution in [0.4, 0.5) is 22.4 Å². The number of thioether (sulfide) groups is 1. The molecule has 0 bridgehead atoms. The van der Waals surface area contributed by atoms with Gasteiger partial charge in [-0.3, -0.25) is 0 Å². The van der Waals surface area contributed by atoms with Crippen LogP contribution in [0.1, 0.15) is 12.8 Å². The molecule has 5 N–H and O–H groups in total. The molecule has 0 unspecified atom stereocenters. The third-order valence-electron chi connectivity index (χ3n) is 3.97. The van der Waals surface area contributed by atoms with Crippen molar-refractivity contribution in [1.82, 2.24) is 20.1 Å². The molecule has 1 fully saturated rings. The number of carbonyl (C=O) groups is 1. The molecule has 8 nitrogen and oxygen atoms in total. The number of nitrogens with zero attached hydrogens (tertiary/aromatic N) is 3. The molecule has 9 heteroatoms. The lowest BCUT2D eigenvalue weighted by Crippen LogP contribution is -2.44. The lowest BCUT2D eigenvalue weighted by Gasteiger charge is -2.32. The van der Waals surface area contributed by atoms with Crippen molar-refractivity contribution in [3.05, 3.63) is 24.3 Å². The van der Waals surface area contributed by atoms with Crippen LogP contribution >= 0.6 is 11.8 Å². The number of para-hydroxylation sites is 1. The molecule has 0 aliphatic carbocycles. The zero-order valence-electron chi connectivity index (χ0n) is 13.5. The Morgan fingerprint density at radius 2 is 2.12 bits per heavy atom. The summed E-state index contributed by atoms with van der Waals surface area (Å²) < 4.78 is 0. The maximum absolute atomic E-state index is 12.4. The van der Waals surface area contributed by atoms with Gasteiger partial charge in [-0.2, -0.15) is 4.98 Å². The number of nitrogen functional groups attached to an aromatic ring is 1. The molecule has 2 aromatic rings. The summed E-state index contributed by atoms with van der Waals surface area (Å²) in [5.41, 5.74) is 6.36. The van der Waals surface area contributed by atoms with Crippen LogP contribution in [-0.2, 0) is 0 Å². The monoisotopic (exact) mass is 347 g/mol. The number of nitrogens with two attached hydrogens (primary N) is 1. The molecule has 1 aromatic carbocycles. The highest BCUT2D eigenvalue weighted by Crippen LogP contribution is 2.25. The van der Waals surface area contributed by atoms with Crippen molar-refractivity contribution in [1.29, 1.82) is 0 Å². The third-order valence-corrected chi connectivity index (χ3v) is 4.76. The van der Waals surface area contributed by atoms with Crippen LogP contribution in [0, 0.1) is 0 Å². The summed E-state index contributed by atoms with van der Waals surface area (Å²) in [5, 5.41) is 12.8. The summed E-state index contributed by atoms with van der Waals surface area (Å²) in [4.78, 5) is 19.4. The number of hydrogen-bond acceptors (Lipinski definition) is 6. The number of H-pyrrole nitrogens is 1. The van der Waals surface area contributed by atoms with E-state index in [2.05, 4.69) is 25.8 Å². The SMILES string of the molecule is CSc1ccccc1NC(=O)N1CCC(Nc2n[nH]c(N)n2)CC1. The Bertz CT molecular complexity index is 697. The van der Waals surface area contributed by atoms with Crippen LogP contribution < -0.4 is 16.4 Å². The van der Waals surface area contributed by atoms with Crippen molar-refractivity contribution in [2.24, 2.45) is 0 Å². The van der Waals surface area contributed by atoms with Crippen molar-refractivity contribution in [2.75, 3.05) is 35.7 Å². The van der Waals surface area contributed by atoms with Crippen LogP contribution in [0.3, 0.4) is 0 Å². The summed E-state index contributed by atoms with van der Waals surface area (Å²) in [6, 6.07) is 7.99. The number of amides is 2. The zero-order chi connectivity index (χ0) is 16.9. The molecule has 0 radical (unpaired) electrons. The number of carbonyl (C=O) groups excluding carboxylic acids is 1. The van der Waals surface area contributed by atoms with Crippen molar-refractivity contribution < 1.29 is 4.79 Å². The smallest absolute Gasteiger partial charge is 0.321 e. The summed E-state index contributed by atoms with van der Waals surface area (Å²) in [6.45, 7) is 1.37. The molecule has 3 rings (SSSR count). The number of hydrogen-bond donors (Lipinski definition) is 4. The van der Waals surface area contributed by atoms with Gasteiger partial charge in [-0.1, -0.05) is 12.1 Å². The highest BCUT2D eigenvalue weighted by molar-refractivity contribution is 7.98. The topological polar surface area (TPSA) is 112 Å². The van der Waals surface area contributed by atoms with Crippen LogP contribution in [-0.4, -0.2) is 51.5 Å². The molecule has 2 heterocycles. The van der Waals surface area contributed by atoms with Crippen LogP contribution in [0.5, 0.6) is 0 Å². The molecule has 0 saturated carbocycles. The molecular formula is C15H21N7OS. The number of aromatic amines is 1. The van der Waals surface area contributed by atoms with E-state index in [-0.39, 0.29) is 12.1 Å². The van der Waals surface area contributed by atoms with Crippen molar-refractivity contribution >= 4 is 35.4 Å². The van der Waals surface area contributed by atoms with E-state index >= 15 is 0 Å². The van der Waals surface area contributed by atoms with E-state index in [1.807, 2.05) is 35.4 Å². The maximum atomic E-state index is 12.4. The fraction of sp³-hybridized carbons (Fsp3) is 0.400. The van der Waals surface area contributed by atoms with E-state index < -0.39 is 0 Å². The van der Waals surface area contributed by atoms with Gasteiger partial charge in [0.2, 0.25) is 11.9 Å². The molecule has 1 aromatic heterocycles. The van der Waals surface area contributed by atoms with E-state index in [1.165, 1.54) is 0 Å². The van der Waals surface area contributed by atoms with Crippen molar-refractivity contribution in [3.63, 3.8) is 0 Å². The van der Waals surface area contributed by atoms with E-state index in [4.69, 9.17) is 5.73 Å². The van der Waals surface area contributed by atoms with Crippen molar-refractivity contribution in [3.8, 4) is 0 Å². The molecule has 1 saturated heterocycles. The van der Waals surface area contributed by atoms with Gasteiger partial charge in [0.1, 0.15) is 0 Å². The van der Waals surface area contributed by atoms with E-state index in [0.717, 1.165) is 23.4 Å². The Morgan fingerprint density at radius 1 is 1.38 bits per heavy atom. The zero-order valence-corrected chi connectivity index (χ0v) is 14.3. The highest BCUT2D eigenvalue weighted by Gasteiger charge is 2.23. The predicted molar refractivity (Wildman–Crippen MR) is 96.3 cm³/mol. The van der Waals surface area contributed by atoms with Gasteiger partial charge in [0, 0.05) is 24.0 Å². The second-order valence-electron chi connectivity index (χ2n) is 5.58. The second-order valence-corrected chi connectivity index (χ2v) is 6.43. The molecule has 0 atom stereocenters. The number of urea groups is 1. The van der Waals surface area contributed by atoms with Gasteiger partial charge in [0.05, 0.1) is 5.69 Å². The number of aromatic nitrogens is 3. The summed E-state index contributed by atoms with van der Waals surface area (Å²) in [6.07, 6.45) is 3.68. The van der Waals surface area contributed by atoms with Crippen LogP contribution in [0.2, 0.25) is 0 Å². The first-order chi connectivity index (χ1) is 11.7. The van der Waals surface area contributed by atoms with Gasteiger partial charge in [0.25, 0.3) is 0 Å². The number of piperidine rings is 1. The number of likely N-dealkylation sites (tertiary alicyclic amines) is 1. The van der Waals surface area contributed by atoms with Crippen LogP contribution in [0.15, 0.2) is 29.2 Å². The van der Waals surface area contributed by atoms with Gasteiger partial charge >= 0.3 is 6.03 Å². The van der Waals surface area contributed by atoms with E-state index in [0.29, 0.717) is 25.0 Å². The first-order valence-electron chi connectivity index (χ1n) is 7.79.